The highest BCUT2D eigenvalue weighted by Gasteiger charge is 2.20. The molecule has 7 heteroatoms. The maximum atomic E-state index is 12.7. The van der Waals surface area contributed by atoms with Crippen LogP contribution < -0.4 is 5.32 Å². The lowest BCUT2D eigenvalue weighted by Gasteiger charge is -2.17. The molecule has 35 heavy (non-hydrogen) atoms. The third-order valence-corrected chi connectivity index (χ3v) is 6.91. The van der Waals surface area contributed by atoms with E-state index in [1.54, 1.807) is 0 Å². The first-order valence-electron chi connectivity index (χ1n) is 11.7. The van der Waals surface area contributed by atoms with Gasteiger partial charge >= 0.3 is 0 Å². The summed E-state index contributed by atoms with van der Waals surface area (Å²) in [6.45, 7) is 8.62. The molecule has 0 saturated heterocycles. The second kappa shape index (κ2) is 11.1. The largest absolute Gasteiger partial charge is 0.325 e. The Morgan fingerprint density at radius 3 is 2.26 bits per heavy atom. The summed E-state index contributed by atoms with van der Waals surface area (Å²) in [5.41, 5.74) is 5.11. The molecule has 0 aliphatic carbocycles. The Kier molecular flexibility index (Phi) is 7.93. The van der Waals surface area contributed by atoms with Gasteiger partial charge in [0.2, 0.25) is 5.91 Å². The highest BCUT2D eigenvalue weighted by atomic mass is 35.5. The average molecular weight is 505 g/mol. The molecule has 0 aliphatic heterocycles. The summed E-state index contributed by atoms with van der Waals surface area (Å²) in [4.78, 5) is 12.7. The number of benzene rings is 3. The number of hydrogen-bond donors (Lipinski definition) is 1. The molecule has 5 nitrogen and oxygen atoms in total. The van der Waals surface area contributed by atoms with Crippen molar-refractivity contribution in [3.05, 3.63) is 88.9 Å². The van der Waals surface area contributed by atoms with E-state index < -0.39 is 0 Å². The summed E-state index contributed by atoms with van der Waals surface area (Å²) in [7, 11) is 0. The van der Waals surface area contributed by atoms with Crippen LogP contribution >= 0.6 is 23.4 Å². The van der Waals surface area contributed by atoms with Gasteiger partial charge in [0.1, 0.15) is 0 Å². The van der Waals surface area contributed by atoms with Gasteiger partial charge in [0.15, 0.2) is 11.0 Å². The van der Waals surface area contributed by atoms with Crippen molar-refractivity contribution in [2.24, 2.45) is 0 Å². The van der Waals surface area contributed by atoms with E-state index in [0.717, 1.165) is 16.9 Å². The number of amides is 1. The van der Waals surface area contributed by atoms with Crippen LogP contribution in [0.1, 0.15) is 50.7 Å². The molecule has 0 aliphatic rings. The summed E-state index contributed by atoms with van der Waals surface area (Å²) in [6, 6.07) is 23.8. The van der Waals surface area contributed by atoms with E-state index in [4.69, 9.17) is 11.6 Å². The molecule has 4 aromatic rings. The molecule has 4 rings (SSSR count). The molecule has 1 heterocycles. The van der Waals surface area contributed by atoms with Crippen molar-refractivity contribution in [3.8, 4) is 17.1 Å². The number of para-hydroxylation sites is 1. The van der Waals surface area contributed by atoms with Crippen molar-refractivity contribution >= 4 is 35.0 Å². The topological polar surface area (TPSA) is 59.8 Å². The van der Waals surface area contributed by atoms with Crippen molar-refractivity contribution in [2.45, 2.75) is 44.7 Å². The molecule has 180 valence electrons. The molecule has 1 aromatic heterocycles. The average Bonchev–Trinajstić information content (AvgIpc) is 3.27. The van der Waals surface area contributed by atoms with Gasteiger partial charge in [0, 0.05) is 16.3 Å². The molecule has 0 saturated carbocycles. The van der Waals surface area contributed by atoms with Gasteiger partial charge in [-0.1, -0.05) is 81.4 Å². The van der Waals surface area contributed by atoms with Crippen LogP contribution in [-0.2, 0) is 4.79 Å². The number of carbonyl (C=O) groups is 1. The Morgan fingerprint density at radius 2 is 1.60 bits per heavy atom. The maximum Gasteiger partial charge on any atom is 0.234 e. The van der Waals surface area contributed by atoms with Gasteiger partial charge in [0.05, 0.1) is 11.4 Å². The fourth-order valence-electron chi connectivity index (χ4n) is 3.82. The van der Waals surface area contributed by atoms with Crippen molar-refractivity contribution < 1.29 is 4.79 Å². The number of hydrogen-bond acceptors (Lipinski definition) is 4. The first kappa shape index (κ1) is 25.0. The molecule has 0 spiro atoms. The van der Waals surface area contributed by atoms with E-state index in [1.807, 2.05) is 65.2 Å². The summed E-state index contributed by atoms with van der Waals surface area (Å²) >= 11 is 7.48. The van der Waals surface area contributed by atoms with Gasteiger partial charge in [-0.25, -0.2) is 0 Å². The van der Waals surface area contributed by atoms with Crippen LogP contribution in [0.5, 0.6) is 0 Å². The second-order valence-electron chi connectivity index (χ2n) is 8.98. The minimum Gasteiger partial charge on any atom is -0.325 e. The van der Waals surface area contributed by atoms with Crippen LogP contribution in [0.25, 0.3) is 17.1 Å². The smallest absolute Gasteiger partial charge is 0.234 e. The Morgan fingerprint density at radius 1 is 0.914 bits per heavy atom. The van der Waals surface area contributed by atoms with E-state index in [1.165, 1.54) is 22.9 Å². The zero-order valence-corrected chi connectivity index (χ0v) is 21.9. The standard InChI is InChI=1S/C28H29ClN4OS/c1-18(2)20-11-15-23(16-12-20)30-26(34)17-35-28-32-31-27(21-9-13-22(29)14-10-21)33(28)25-8-6-5-7-24(25)19(3)4/h5-16,18-19H,17H2,1-4H3,(H,30,34). The lowest BCUT2D eigenvalue weighted by atomic mass is 10.0. The number of nitrogens with zero attached hydrogens (tertiary/aromatic N) is 3. The van der Waals surface area contributed by atoms with E-state index in [2.05, 4.69) is 55.3 Å². The molecular formula is C28H29ClN4OS. The molecule has 0 radical (unpaired) electrons. The van der Waals surface area contributed by atoms with Gasteiger partial charge in [-0.15, -0.1) is 10.2 Å². The predicted octanol–water partition coefficient (Wildman–Crippen LogP) is 7.57. The van der Waals surface area contributed by atoms with Crippen molar-refractivity contribution in [3.63, 3.8) is 0 Å². The minimum absolute atomic E-state index is 0.0907. The number of carbonyl (C=O) groups excluding carboxylic acids is 1. The summed E-state index contributed by atoms with van der Waals surface area (Å²) in [6.07, 6.45) is 0. The second-order valence-corrected chi connectivity index (χ2v) is 10.4. The normalized spacial score (nSPS) is 11.3. The van der Waals surface area contributed by atoms with Crippen LogP contribution in [0, 0.1) is 0 Å². The van der Waals surface area contributed by atoms with Gasteiger partial charge in [-0.3, -0.25) is 9.36 Å². The van der Waals surface area contributed by atoms with Gasteiger partial charge < -0.3 is 5.32 Å². The Labute approximate surface area is 215 Å². The molecule has 0 atom stereocenters. The highest BCUT2D eigenvalue weighted by Crippen LogP contribution is 2.32. The first-order chi connectivity index (χ1) is 16.8. The summed E-state index contributed by atoms with van der Waals surface area (Å²) < 4.78 is 2.04. The van der Waals surface area contributed by atoms with E-state index in [0.29, 0.717) is 27.8 Å². The number of thioether (sulfide) groups is 1. The molecular weight excluding hydrogens is 476 g/mol. The maximum absolute atomic E-state index is 12.7. The third-order valence-electron chi connectivity index (χ3n) is 5.73. The van der Waals surface area contributed by atoms with Crippen molar-refractivity contribution in [1.29, 1.82) is 0 Å². The Bertz CT molecular complexity index is 1300. The number of aromatic nitrogens is 3. The number of anilines is 1. The fourth-order valence-corrected chi connectivity index (χ4v) is 4.70. The first-order valence-corrected chi connectivity index (χ1v) is 13.0. The molecule has 0 unspecified atom stereocenters. The SMILES string of the molecule is CC(C)c1ccc(NC(=O)CSc2nnc(-c3ccc(Cl)cc3)n2-c2ccccc2C(C)C)cc1. The van der Waals surface area contributed by atoms with Crippen molar-refractivity contribution in [2.75, 3.05) is 11.1 Å². The number of nitrogens with one attached hydrogen (secondary N) is 1. The van der Waals surface area contributed by atoms with Gasteiger partial charge in [-0.2, -0.15) is 0 Å². The van der Waals surface area contributed by atoms with E-state index in [-0.39, 0.29) is 11.7 Å². The quantitative estimate of drug-likeness (QED) is 0.251. The number of halogens is 1. The molecule has 3 aromatic carbocycles. The molecule has 1 amide bonds. The van der Waals surface area contributed by atoms with E-state index >= 15 is 0 Å². The zero-order chi connectivity index (χ0) is 24.9. The van der Waals surface area contributed by atoms with E-state index in [9.17, 15) is 4.79 Å². The van der Waals surface area contributed by atoms with Crippen LogP contribution in [0.3, 0.4) is 0 Å². The lowest BCUT2D eigenvalue weighted by molar-refractivity contribution is -0.113. The zero-order valence-electron chi connectivity index (χ0n) is 20.3. The fraction of sp³-hybridized carbons (Fsp3) is 0.250. The van der Waals surface area contributed by atoms with Crippen LogP contribution in [0.15, 0.2) is 78.0 Å². The lowest BCUT2D eigenvalue weighted by Crippen LogP contribution is -2.14. The molecule has 0 bridgehead atoms. The highest BCUT2D eigenvalue weighted by molar-refractivity contribution is 7.99. The van der Waals surface area contributed by atoms with Crippen molar-refractivity contribution in [1.82, 2.24) is 14.8 Å². The predicted molar refractivity (Wildman–Crippen MR) is 146 cm³/mol. The van der Waals surface area contributed by atoms with Crippen LogP contribution in [-0.4, -0.2) is 26.4 Å². The van der Waals surface area contributed by atoms with Crippen LogP contribution in [0.4, 0.5) is 5.69 Å². The summed E-state index contributed by atoms with van der Waals surface area (Å²) in [5.74, 6) is 1.59. The monoisotopic (exact) mass is 504 g/mol. The summed E-state index contributed by atoms with van der Waals surface area (Å²) in [5, 5.41) is 13.3. The van der Waals surface area contributed by atoms with Gasteiger partial charge in [-0.05, 0) is 65.4 Å². The van der Waals surface area contributed by atoms with Gasteiger partial charge in [0.25, 0.3) is 0 Å². The molecule has 1 N–H and O–H groups in total. The number of rotatable bonds is 8. The minimum atomic E-state index is -0.0907. The third kappa shape index (κ3) is 5.95. The Hall–Kier alpha value is -3.09. The van der Waals surface area contributed by atoms with Crippen LogP contribution in [0.2, 0.25) is 5.02 Å². The molecule has 0 fully saturated rings. The Balaban J connectivity index is 1.61.